The minimum Gasteiger partial charge on any atom is -0.365 e. The molecule has 30 heavy (non-hydrogen) atoms. The van der Waals surface area contributed by atoms with Crippen LogP contribution in [-0.2, 0) is 9.59 Å². The Labute approximate surface area is 177 Å². The summed E-state index contributed by atoms with van der Waals surface area (Å²) in [4.78, 5) is 29.8. The molecule has 1 fully saturated rings. The predicted molar refractivity (Wildman–Crippen MR) is 119 cm³/mol. The number of anilines is 2. The fraction of sp³-hybridized carbons (Fsp3) is 0.333. The third-order valence-electron chi connectivity index (χ3n) is 5.73. The first-order chi connectivity index (χ1) is 14.4. The van der Waals surface area contributed by atoms with Crippen LogP contribution in [0.25, 0.3) is 0 Å². The van der Waals surface area contributed by atoms with E-state index in [2.05, 4.69) is 48.4 Å². The zero-order valence-corrected chi connectivity index (χ0v) is 17.8. The van der Waals surface area contributed by atoms with E-state index in [1.165, 1.54) is 16.3 Å². The van der Waals surface area contributed by atoms with Gasteiger partial charge in [-0.3, -0.25) is 15.0 Å². The normalized spacial score (nSPS) is 19.4. The second-order valence-corrected chi connectivity index (χ2v) is 8.13. The summed E-state index contributed by atoms with van der Waals surface area (Å²) in [5.74, 6) is -0.136. The summed E-state index contributed by atoms with van der Waals surface area (Å²) in [5, 5.41) is 1.47. The second-order valence-electron chi connectivity index (χ2n) is 8.13. The molecule has 1 atom stereocenters. The van der Waals surface area contributed by atoms with Crippen LogP contribution in [0.15, 0.2) is 60.3 Å². The number of nitrogens with one attached hydrogen (secondary N) is 1. The topological polar surface area (TPSA) is 55.9 Å². The maximum atomic E-state index is 13.2. The molecule has 2 amide bonds. The minimum absolute atomic E-state index is 0.0599. The van der Waals surface area contributed by atoms with Gasteiger partial charge >= 0.3 is 0 Å². The number of hydrazine groups is 1. The molecule has 2 aromatic rings. The number of nitrogens with zero attached hydrogens (tertiary/aromatic N) is 3. The molecule has 0 aromatic heterocycles. The van der Waals surface area contributed by atoms with Gasteiger partial charge in [-0.25, -0.2) is 5.01 Å². The van der Waals surface area contributed by atoms with Crippen molar-refractivity contribution in [3.63, 3.8) is 0 Å². The summed E-state index contributed by atoms with van der Waals surface area (Å²) in [6.07, 6.45) is 1.91. The van der Waals surface area contributed by atoms with Gasteiger partial charge in [0.2, 0.25) is 5.91 Å². The monoisotopic (exact) mass is 404 g/mol. The third-order valence-corrected chi connectivity index (χ3v) is 5.73. The molecule has 6 heteroatoms. The number of aryl methyl sites for hydroxylation is 2. The fourth-order valence-corrected chi connectivity index (χ4v) is 4.05. The van der Waals surface area contributed by atoms with E-state index in [1.807, 2.05) is 36.1 Å². The van der Waals surface area contributed by atoms with Gasteiger partial charge in [-0.15, -0.1) is 0 Å². The molecule has 2 aliphatic rings. The van der Waals surface area contributed by atoms with Crippen LogP contribution >= 0.6 is 0 Å². The Bertz CT molecular complexity index is 983. The molecule has 2 aromatic carbocycles. The Kier molecular flexibility index (Phi) is 5.48. The average molecular weight is 405 g/mol. The lowest BCUT2D eigenvalue weighted by molar-refractivity contribution is -0.128. The van der Waals surface area contributed by atoms with Crippen molar-refractivity contribution in [3.8, 4) is 0 Å². The Balaban J connectivity index is 1.44. The molecule has 1 N–H and O–H groups in total. The lowest BCUT2D eigenvalue weighted by atomic mass is 10.1. The van der Waals surface area contributed by atoms with Crippen molar-refractivity contribution < 1.29 is 9.59 Å². The highest BCUT2D eigenvalue weighted by molar-refractivity contribution is 6.01. The van der Waals surface area contributed by atoms with E-state index in [1.54, 1.807) is 6.08 Å². The molecule has 6 nitrogen and oxygen atoms in total. The predicted octanol–water partition coefficient (Wildman–Crippen LogP) is 3.17. The summed E-state index contributed by atoms with van der Waals surface area (Å²) in [6.45, 7) is 8.31. The lowest BCUT2D eigenvalue weighted by Gasteiger charge is -2.42. The summed E-state index contributed by atoms with van der Waals surface area (Å²) in [7, 11) is 0. The molecule has 156 valence electrons. The highest BCUT2D eigenvalue weighted by Gasteiger charge is 2.31. The summed E-state index contributed by atoms with van der Waals surface area (Å²) in [6, 6.07) is 16.4. The van der Waals surface area contributed by atoms with Crippen LogP contribution in [0.2, 0.25) is 0 Å². The minimum atomic E-state index is -0.0759. The number of amides is 2. The number of hydrogen-bond donors (Lipinski definition) is 1. The van der Waals surface area contributed by atoms with Crippen molar-refractivity contribution in [1.29, 1.82) is 0 Å². The first kappa shape index (κ1) is 20.0. The first-order valence-electron chi connectivity index (χ1n) is 10.4. The molecule has 4 rings (SSSR count). The number of rotatable bonds is 3. The zero-order chi connectivity index (χ0) is 21.3. The number of carbonyl (C=O) groups excluding carboxylic acids is 2. The Morgan fingerprint density at radius 3 is 2.47 bits per heavy atom. The Morgan fingerprint density at radius 1 is 1.00 bits per heavy atom. The van der Waals surface area contributed by atoms with Crippen molar-refractivity contribution in [3.05, 3.63) is 71.4 Å². The molecular weight excluding hydrogens is 376 g/mol. The van der Waals surface area contributed by atoms with Crippen molar-refractivity contribution >= 4 is 23.2 Å². The van der Waals surface area contributed by atoms with Gasteiger partial charge in [-0.1, -0.05) is 29.8 Å². The molecule has 0 radical (unpaired) electrons. The second kappa shape index (κ2) is 8.22. The molecule has 0 unspecified atom stereocenters. The van der Waals surface area contributed by atoms with Gasteiger partial charge in [0.05, 0.1) is 5.69 Å². The molecule has 0 bridgehead atoms. The number of carbonyl (C=O) groups is 2. The molecular formula is C24H28N4O2. The molecule has 2 heterocycles. The van der Waals surface area contributed by atoms with Gasteiger partial charge < -0.3 is 9.80 Å². The van der Waals surface area contributed by atoms with Crippen molar-refractivity contribution in [2.24, 2.45) is 0 Å². The molecule has 0 spiro atoms. The van der Waals surface area contributed by atoms with E-state index in [0.717, 1.165) is 17.8 Å². The van der Waals surface area contributed by atoms with E-state index >= 15 is 0 Å². The van der Waals surface area contributed by atoms with E-state index in [9.17, 15) is 9.59 Å². The van der Waals surface area contributed by atoms with Crippen LogP contribution < -0.4 is 15.3 Å². The Morgan fingerprint density at radius 2 is 1.77 bits per heavy atom. The Hall–Kier alpha value is -3.28. The first-order valence-corrected chi connectivity index (χ1v) is 10.4. The summed E-state index contributed by atoms with van der Waals surface area (Å²) in [5.41, 5.74) is 7.79. The van der Waals surface area contributed by atoms with Gasteiger partial charge in [0.25, 0.3) is 5.91 Å². The van der Waals surface area contributed by atoms with Crippen LogP contribution in [0.3, 0.4) is 0 Å². The summed E-state index contributed by atoms with van der Waals surface area (Å²) >= 11 is 0. The molecule has 1 saturated heterocycles. The third kappa shape index (κ3) is 4.03. The van der Waals surface area contributed by atoms with E-state index in [0.29, 0.717) is 18.8 Å². The van der Waals surface area contributed by atoms with Crippen LogP contribution in [0.4, 0.5) is 11.4 Å². The largest absolute Gasteiger partial charge is 0.365 e. The maximum Gasteiger partial charge on any atom is 0.271 e. The van der Waals surface area contributed by atoms with Crippen LogP contribution in [0, 0.1) is 13.8 Å². The molecule has 0 aliphatic carbocycles. The van der Waals surface area contributed by atoms with Crippen molar-refractivity contribution in [2.75, 3.05) is 29.5 Å². The fourth-order valence-electron chi connectivity index (χ4n) is 4.05. The average Bonchev–Trinajstić information content (AvgIpc) is 2.74. The molecule has 0 saturated carbocycles. The van der Waals surface area contributed by atoms with E-state index < -0.39 is 0 Å². The maximum absolute atomic E-state index is 13.2. The number of benzene rings is 2. The summed E-state index contributed by atoms with van der Waals surface area (Å²) < 4.78 is 0. The standard InChI is InChI=1S/C24H28N4O2/c1-17-7-9-20(10-8-17)28-23(29)12-11-22(25-28)24(30)26-13-14-27(19(3)16-26)21-6-4-5-18(2)15-21/h4-11,15,19,25H,12-14,16H2,1-3H3/t19-/m1/s1. The SMILES string of the molecule is Cc1ccc(N2NC(C(=O)N3CCN(c4cccc(C)c4)[C@H](C)C3)=CCC2=O)cc1. The van der Waals surface area contributed by atoms with Crippen molar-refractivity contribution in [1.82, 2.24) is 10.3 Å². The number of piperazine rings is 1. The van der Waals surface area contributed by atoms with Gasteiger partial charge in [0, 0.05) is 37.8 Å². The molecule has 2 aliphatic heterocycles. The van der Waals surface area contributed by atoms with E-state index in [-0.39, 0.29) is 24.3 Å². The van der Waals surface area contributed by atoms with Gasteiger partial charge in [0.15, 0.2) is 0 Å². The highest BCUT2D eigenvalue weighted by Crippen LogP contribution is 2.23. The zero-order valence-electron chi connectivity index (χ0n) is 17.8. The van der Waals surface area contributed by atoms with Gasteiger partial charge in [-0.05, 0) is 56.7 Å². The van der Waals surface area contributed by atoms with E-state index in [4.69, 9.17) is 0 Å². The quantitative estimate of drug-likeness (QED) is 0.854. The number of hydrogen-bond acceptors (Lipinski definition) is 4. The smallest absolute Gasteiger partial charge is 0.271 e. The van der Waals surface area contributed by atoms with Crippen LogP contribution in [0.1, 0.15) is 24.5 Å². The van der Waals surface area contributed by atoms with Gasteiger partial charge in [0.1, 0.15) is 5.70 Å². The lowest BCUT2D eigenvalue weighted by Crippen LogP contribution is -2.56. The van der Waals surface area contributed by atoms with Crippen LogP contribution in [0.5, 0.6) is 0 Å². The van der Waals surface area contributed by atoms with Gasteiger partial charge in [-0.2, -0.15) is 0 Å². The highest BCUT2D eigenvalue weighted by atomic mass is 16.2. The van der Waals surface area contributed by atoms with Crippen LogP contribution in [-0.4, -0.2) is 42.4 Å². The van der Waals surface area contributed by atoms with Crippen molar-refractivity contribution in [2.45, 2.75) is 33.2 Å².